The second-order valence-corrected chi connectivity index (χ2v) is 10.6. The zero-order valence-electron chi connectivity index (χ0n) is 19.6. The number of allylic oxidation sites excluding steroid dienone is 2. The Morgan fingerprint density at radius 2 is 1.87 bits per heavy atom. The number of hydrogen-bond acceptors (Lipinski definition) is 6. The summed E-state index contributed by atoms with van der Waals surface area (Å²) in [5.41, 5.74) is 0.350. The van der Waals surface area contributed by atoms with Gasteiger partial charge in [-0.15, -0.1) is 6.58 Å². The molecule has 3 N–H and O–H groups in total. The number of aliphatic hydroxyl groups excluding tert-OH is 3. The topological polar surface area (TPSA) is 91.7 Å². The molecule has 0 spiro atoms. The molecule has 2 heterocycles. The van der Waals surface area contributed by atoms with Gasteiger partial charge in [0.15, 0.2) is 6.29 Å². The fraction of sp³-hybridized carbons (Fsp3) is 0.760. The van der Waals surface area contributed by atoms with Crippen molar-refractivity contribution in [3.05, 3.63) is 37.0 Å². The minimum Gasteiger partial charge on any atom is -0.388 e. The molecule has 3 aliphatic rings. The first-order valence-corrected chi connectivity index (χ1v) is 11.3. The monoisotopic (exact) mass is 436 g/mol. The summed E-state index contributed by atoms with van der Waals surface area (Å²) in [5, 5.41) is 29.6. The van der Waals surface area contributed by atoms with Gasteiger partial charge in [-0.3, -0.25) is 0 Å². The summed E-state index contributed by atoms with van der Waals surface area (Å²) in [4.78, 5) is 0. The lowest BCUT2D eigenvalue weighted by Crippen LogP contribution is -2.55. The van der Waals surface area contributed by atoms with Crippen LogP contribution in [0.1, 0.15) is 53.9 Å². The Balaban J connectivity index is 1.60. The first-order valence-electron chi connectivity index (χ1n) is 11.3. The first-order chi connectivity index (χ1) is 14.3. The Bertz CT molecular complexity index is 717. The van der Waals surface area contributed by atoms with Gasteiger partial charge in [-0.1, -0.05) is 37.3 Å². The molecule has 2 aliphatic heterocycles. The molecule has 0 radical (unpaired) electrons. The van der Waals surface area contributed by atoms with Crippen LogP contribution < -0.4 is 0 Å². The third-order valence-corrected chi connectivity index (χ3v) is 7.65. The van der Waals surface area contributed by atoms with E-state index in [4.69, 9.17) is 14.2 Å². The molecule has 0 bridgehead atoms. The second-order valence-electron chi connectivity index (χ2n) is 10.6. The highest BCUT2D eigenvalue weighted by molar-refractivity contribution is 5.20. The molecule has 0 aromatic carbocycles. The number of hydrogen-bond donors (Lipinski definition) is 3. The van der Waals surface area contributed by atoms with E-state index >= 15 is 0 Å². The van der Waals surface area contributed by atoms with Crippen LogP contribution in [0.5, 0.6) is 0 Å². The molecule has 0 amide bonds. The Hall–Kier alpha value is -1.02. The smallest absolute Gasteiger partial charge is 0.187 e. The lowest BCUT2D eigenvalue weighted by Gasteiger charge is -2.44. The first kappa shape index (κ1) is 24.6. The zero-order chi connectivity index (χ0) is 23.2. The largest absolute Gasteiger partial charge is 0.388 e. The molecular formula is C25H40O6. The molecule has 9 unspecified atom stereocenters. The van der Waals surface area contributed by atoms with Crippen LogP contribution in [-0.4, -0.2) is 63.8 Å². The third kappa shape index (κ3) is 5.00. The predicted molar refractivity (Wildman–Crippen MR) is 119 cm³/mol. The Morgan fingerprint density at radius 3 is 2.48 bits per heavy atom. The summed E-state index contributed by atoms with van der Waals surface area (Å²) in [7, 11) is 0. The maximum absolute atomic E-state index is 10.1. The van der Waals surface area contributed by atoms with Gasteiger partial charge < -0.3 is 29.5 Å². The van der Waals surface area contributed by atoms with E-state index in [0.29, 0.717) is 11.8 Å². The molecule has 6 heteroatoms. The van der Waals surface area contributed by atoms with Gasteiger partial charge in [-0.25, -0.2) is 0 Å². The van der Waals surface area contributed by atoms with Crippen molar-refractivity contribution < 1.29 is 29.5 Å². The molecule has 6 nitrogen and oxygen atoms in total. The van der Waals surface area contributed by atoms with E-state index in [1.807, 2.05) is 26.0 Å². The lowest BCUT2D eigenvalue weighted by molar-refractivity contribution is -0.289. The van der Waals surface area contributed by atoms with Gasteiger partial charge in [0.05, 0.1) is 17.8 Å². The summed E-state index contributed by atoms with van der Waals surface area (Å²) in [6, 6.07) is 0. The molecule has 1 aliphatic carbocycles. The maximum atomic E-state index is 10.1. The van der Waals surface area contributed by atoms with Crippen LogP contribution in [0.15, 0.2) is 37.0 Å². The van der Waals surface area contributed by atoms with E-state index in [0.717, 1.165) is 19.3 Å². The third-order valence-electron chi connectivity index (χ3n) is 7.65. The van der Waals surface area contributed by atoms with Crippen molar-refractivity contribution >= 4 is 0 Å². The molecule has 31 heavy (non-hydrogen) atoms. The second kappa shape index (κ2) is 8.73. The lowest BCUT2D eigenvalue weighted by atomic mass is 9.60. The average molecular weight is 437 g/mol. The van der Waals surface area contributed by atoms with Crippen molar-refractivity contribution in [1.82, 2.24) is 0 Å². The van der Waals surface area contributed by atoms with Crippen molar-refractivity contribution in [2.45, 2.75) is 95.8 Å². The quantitative estimate of drug-likeness (QED) is 0.420. The summed E-state index contributed by atoms with van der Waals surface area (Å²) >= 11 is 0. The summed E-state index contributed by atoms with van der Waals surface area (Å²) in [6.07, 6.45) is 4.54. The normalized spacial score (nSPS) is 46.1. The van der Waals surface area contributed by atoms with Gasteiger partial charge in [0.1, 0.15) is 24.4 Å². The highest BCUT2D eigenvalue weighted by Gasteiger charge is 2.58. The van der Waals surface area contributed by atoms with Crippen molar-refractivity contribution in [2.24, 2.45) is 17.3 Å². The van der Waals surface area contributed by atoms with Gasteiger partial charge in [0, 0.05) is 0 Å². The van der Waals surface area contributed by atoms with Crippen molar-refractivity contribution in [3.8, 4) is 0 Å². The van der Waals surface area contributed by atoms with E-state index in [1.165, 1.54) is 5.57 Å². The molecule has 176 valence electrons. The molecule has 0 aromatic heterocycles. The highest BCUT2D eigenvalue weighted by Crippen LogP contribution is 2.55. The van der Waals surface area contributed by atoms with Gasteiger partial charge in [0.2, 0.25) is 0 Å². The highest BCUT2D eigenvalue weighted by atomic mass is 16.7. The van der Waals surface area contributed by atoms with Crippen LogP contribution in [-0.2, 0) is 14.2 Å². The fourth-order valence-corrected chi connectivity index (χ4v) is 5.20. The van der Waals surface area contributed by atoms with Crippen LogP contribution in [0.4, 0.5) is 0 Å². The fourth-order valence-electron chi connectivity index (χ4n) is 5.20. The Morgan fingerprint density at radius 1 is 1.19 bits per heavy atom. The Labute approximate surface area is 186 Å². The SMILES string of the molecule is C=CC1(C)CCC(C2(C)OC2C=CC(C)(C)OC2OCC(O)C(O)C2O)CC1C(=C)C. The van der Waals surface area contributed by atoms with Gasteiger partial charge in [0.25, 0.3) is 0 Å². The summed E-state index contributed by atoms with van der Waals surface area (Å²) in [6.45, 7) is 18.5. The molecule has 2 saturated heterocycles. The average Bonchev–Trinajstić information content (AvgIpc) is 3.38. The summed E-state index contributed by atoms with van der Waals surface area (Å²) in [5.74, 6) is 0.849. The predicted octanol–water partition coefficient (Wildman–Crippen LogP) is 3.12. The molecular weight excluding hydrogens is 396 g/mol. The van der Waals surface area contributed by atoms with Crippen LogP contribution in [0.25, 0.3) is 0 Å². The van der Waals surface area contributed by atoms with E-state index in [1.54, 1.807) is 0 Å². The number of ether oxygens (including phenoxy) is 3. The van der Waals surface area contributed by atoms with Crippen molar-refractivity contribution in [3.63, 3.8) is 0 Å². The van der Waals surface area contributed by atoms with Crippen LogP contribution >= 0.6 is 0 Å². The van der Waals surface area contributed by atoms with Gasteiger partial charge in [-0.05, 0) is 64.2 Å². The number of rotatable bonds is 7. The number of aliphatic hydroxyl groups is 3. The zero-order valence-corrected chi connectivity index (χ0v) is 19.6. The molecule has 3 rings (SSSR count). The van der Waals surface area contributed by atoms with Crippen molar-refractivity contribution in [2.75, 3.05) is 6.61 Å². The molecule has 3 fully saturated rings. The minimum atomic E-state index is -1.31. The van der Waals surface area contributed by atoms with E-state index in [2.05, 4.69) is 40.0 Å². The van der Waals surface area contributed by atoms with Gasteiger partial charge in [-0.2, -0.15) is 0 Å². The van der Waals surface area contributed by atoms with E-state index < -0.39 is 30.2 Å². The molecule has 1 saturated carbocycles. The molecule has 9 atom stereocenters. The number of epoxide rings is 1. The van der Waals surface area contributed by atoms with Crippen LogP contribution in [0.3, 0.4) is 0 Å². The molecule has 0 aromatic rings. The van der Waals surface area contributed by atoms with E-state index in [-0.39, 0.29) is 23.7 Å². The Kier molecular flexibility index (Phi) is 6.93. The standard InChI is InChI=1S/C25H40O6/c1-8-24(6)12-9-16(13-17(24)15(2)3)25(7)19(30-25)10-11-23(4,5)31-22-21(28)20(27)18(26)14-29-22/h8,10-11,16-22,26-28H,1-2,9,12-14H2,3-7H3. The summed E-state index contributed by atoms with van der Waals surface area (Å²) < 4.78 is 17.4. The van der Waals surface area contributed by atoms with Crippen LogP contribution in [0.2, 0.25) is 0 Å². The maximum Gasteiger partial charge on any atom is 0.187 e. The van der Waals surface area contributed by atoms with E-state index in [9.17, 15) is 15.3 Å². The minimum absolute atomic E-state index is 0.00356. The van der Waals surface area contributed by atoms with Crippen molar-refractivity contribution in [1.29, 1.82) is 0 Å². The van der Waals surface area contributed by atoms with Crippen LogP contribution in [0, 0.1) is 17.3 Å². The van der Waals surface area contributed by atoms with Gasteiger partial charge >= 0.3 is 0 Å².